The molecule has 5 nitrogen and oxygen atoms in total. The lowest BCUT2D eigenvalue weighted by atomic mass is 9.94. The SMILES string of the molecule is CCOc1ccc(CNCC2(O)CCOCC2)cc1OCC. The van der Waals surface area contributed by atoms with Gasteiger partial charge in [0.2, 0.25) is 0 Å². The van der Waals surface area contributed by atoms with Gasteiger partial charge in [0, 0.05) is 39.1 Å². The van der Waals surface area contributed by atoms with Crippen LogP contribution in [0.2, 0.25) is 0 Å². The van der Waals surface area contributed by atoms with Gasteiger partial charge < -0.3 is 24.6 Å². The molecule has 2 N–H and O–H groups in total. The Morgan fingerprint density at radius 1 is 1.14 bits per heavy atom. The van der Waals surface area contributed by atoms with Gasteiger partial charge in [-0.3, -0.25) is 0 Å². The molecular weight excluding hydrogens is 282 g/mol. The maximum absolute atomic E-state index is 10.4. The van der Waals surface area contributed by atoms with Gasteiger partial charge in [0.15, 0.2) is 11.5 Å². The van der Waals surface area contributed by atoms with E-state index in [2.05, 4.69) is 5.32 Å². The zero-order valence-corrected chi connectivity index (χ0v) is 13.6. The summed E-state index contributed by atoms with van der Waals surface area (Å²) in [5.41, 5.74) is 0.467. The second kappa shape index (κ2) is 8.36. The van der Waals surface area contributed by atoms with Crippen LogP contribution < -0.4 is 14.8 Å². The highest BCUT2D eigenvalue weighted by Gasteiger charge is 2.29. The van der Waals surface area contributed by atoms with Crippen LogP contribution >= 0.6 is 0 Å². The third kappa shape index (κ3) is 4.87. The highest BCUT2D eigenvalue weighted by atomic mass is 16.5. The molecule has 1 aliphatic heterocycles. The fraction of sp³-hybridized carbons (Fsp3) is 0.647. The number of benzene rings is 1. The second-order valence-corrected chi connectivity index (χ2v) is 5.59. The zero-order chi connectivity index (χ0) is 15.8. The lowest BCUT2D eigenvalue weighted by molar-refractivity contribution is -0.0617. The average Bonchev–Trinajstić information content (AvgIpc) is 2.51. The third-order valence-electron chi connectivity index (χ3n) is 3.81. The summed E-state index contributed by atoms with van der Waals surface area (Å²) < 4.78 is 16.5. The average molecular weight is 309 g/mol. The Morgan fingerprint density at radius 3 is 2.50 bits per heavy atom. The first-order valence-corrected chi connectivity index (χ1v) is 8.06. The van der Waals surface area contributed by atoms with Crippen LogP contribution in [0.15, 0.2) is 18.2 Å². The predicted octanol–water partition coefficient (Wildman–Crippen LogP) is 2.12. The summed E-state index contributed by atoms with van der Waals surface area (Å²) in [5, 5.41) is 13.7. The van der Waals surface area contributed by atoms with Gasteiger partial charge in [0.1, 0.15) is 0 Å². The van der Waals surface area contributed by atoms with Crippen LogP contribution in [0.25, 0.3) is 0 Å². The van der Waals surface area contributed by atoms with Crippen LogP contribution in [0.4, 0.5) is 0 Å². The summed E-state index contributed by atoms with van der Waals surface area (Å²) in [6.45, 7) is 7.68. The van der Waals surface area contributed by atoms with Crippen molar-refractivity contribution in [2.75, 3.05) is 33.0 Å². The summed E-state index contributed by atoms with van der Waals surface area (Å²) in [7, 11) is 0. The standard InChI is InChI=1S/C17H27NO4/c1-3-21-15-6-5-14(11-16(15)22-4-2)12-18-13-17(19)7-9-20-10-8-17/h5-6,11,18-19H,3-4,7-10,12-13H2,1-2H3. The molecule has 1 aliphatic rings. The predicted molar refractivity (Wildman–Crippen MR) is 85.5 cm³/mol. The van der Waals surface area contributed by atoms with E-state index in [9.17, 15) is 5.11 Å². The maximum Gasteiger partial charge on any atom is 0.161 e. The van der Waals surface area contributed by atoms with Gasteiger partial charge in [-0.25, -0.2) is 0 Å². The lowest BCUT2D eigenvalue weighted by Crippen LogP contribution is -2.44. The van der Waals surface area contributed by atoms with Crippen molar-refractivity contribution in [3.63, 3.8) is 0 Å². The van der Waals surface area contributed by atoms with E-state index in [1.165, 1.54) is 0 Å². The molecule has 0 aliphatic carbocycles. The van der Waals surface area contributed by atoms with E-state index in [1.807, 2.05) is 32.0 Å². The Balaban J connectivity index is 1.90. The Kier molecular flexibility index (Phi) is 6.49. The molecule has 22 heavy (non-hydrogen) atoms. The van der Waals surface area contributed by atoms with E-state index in [0.717, 1.165) is 17.1 Å². The molecule has 1 aromatic rings. The first kappa shape index (κ1) is 17.1. The molecule has 1 fully saturated rings. The van der Waals surface area contributed by atoms with Crippen molar-refractivity contribution in [3.05, 3.63) is 23.8 Å². The van der Waals surface area contributed by atoms with Gasteiger partial charge in [-0.1, -0.05) is 6.07 Å². The topological polar surface area (TPSA) is 60.0 Å². The number of ether oxygens (including phenoxy) is 3. The van der Waals surface area contributed by atoms with E-state index in [4.69, 9.17) is 14.2 Å². The summed E-state index contributed by atoms with van der Waals surface area (Å²) in [5.74, 6) is 1.55. The molecule has 1 aromatic carbocycles. The molecule has 0 amide bonds. The molecule has 1 saturated heterocycles. The number of rotatable bonds is 8. The van der Waals surface area contributed by atoms with Crippen molar-refractivity contribution < 1.29 is 19.3 Å². The summed E-state index contributed by atoms with van der Waals surface area (Å²) in [4.78, 5) is 0. The van der Waals surface area contributed by atoms with E-state index >= 15 is 0 Å². The fourth-order valence-corrected chi connectivity index (χ4v) is 2.57. The minimum absolute atomic E-state index is 0.577. The smallest absolute Gasteiger partial charge is 0.161 e. The van der Waals surface area contributed by atoms with E-state index < -0.39 is 5.60 Å². The minimum atomic E-state index is -0.647. The molecule has 1 heterocycles. The molecule has 124 valence electrons. The van der Waals surface area contributed by atoms with Gasteiger partial charge in [-0.2, -0.15) is 0 Å². The summed E-state index contributed by atoms with van der Waals surface area (Å²) in [6, 6.07) is 5.96. The highest BCUT2D eigenvalue weighted by Crippen LogP contribution is 2.28. The molecule has 5 heteroatoms. The minimum Gasteiger partial charge on any atom is -0.490 e. The van der Waals surface area contributed by atoms with Gasteiger partial charge in [0.05, 0.1) is 18.8 Å². The van der Waals surface area contributed by atoms with Crippen molar-refractivity contribution in [2.45, 2.75) is 38.8 Å². The molecule has 0 spiro atoms. The summed E-state index contributed by atoms with van der Waals surface area (Å²) in [6.07, 6.45) is 1.38. The molecule has 0 radical (unpaired) electrons. The van der Waals surface area contributed by atoms with Crippen LogP contribution in [0, 0.1) is 0 Å². The van der Waals surface area contributed by atoms with E-state index in [-0.39, 0.29) is 0 Å². The van der Waals surface area contributed by atoms with Gasteiger partial charge in [-0.15, -0.1) is 0 Å². The molecule has 0 aromatic heterocycles. The Morgan fingerprint density at radius 2 is 1.82 bits per heavy atom. The van der Waals surface area contributed by atoms with Crippen LogP contribution in [-0.4, -0.2) is 43.7 Å². The number of hydrogen-bond donors (Lipinski definition) is 2. The van der Waals surface area contributed by atoms with E-state index in [1.54, 1.807) is 0 Å². The second-order valence-electron chi connectivity index (χ2n) is 5.59. The fourth-order valence-electron chi connectivity index (χ4n) is 2.57. The van der Waals surface area contributed by atoms with Gasteiger partial charge >= 0.3 is 0 Å². The third-order valence-corrected chi connectivity index (χ3v) is 3.81. The van der Waals surface area contributed by atoms with Crippen molar-refractivity contribution >= 4 is 0 Å². The highest BCUT2D eigenvalue weighted by molar-refractivity contribution is 5.43. The van der Waals surface area contributed by atoms with Crippen molar-refractivity contribution in [1.29, 1.82) is 0 Å². The number of hydrogen-bond acceptors (Lipinski definition) is 5. The summed E-state index contributed by atoms with van der Waals surface area (Å²) >= 11 is 0. The van der Waals surface area contributed by atoms with Crippen molar-refractivity contribution in [2.24, 2.45) is 0 Å². The Labute approximate surface area is 132 Å². The quantitative estimate of drug-likeness (QED) is 0.770. The van der Waals surface area contributed by atoms with Crippen LogP contribution in [0.3, 0.4) is 0 Å². The molecule has 0 unspecified atom stereocenters. The monoisotopic (exact) mass is 309 g/mol. The van der Waals surface area contributed by atoms with Crippen molar-refractivity contribution in [1.82, 2.24) is 5.32 Å². The first-order valence-electron chi connectivity index (χ1n) is 8.06. The first-order chi connectivity index (χ1) is 10.7. The van der Waals surface area contributed by atoms with Crippen LogP contribution in [0.5, 0.6) is 11.5 Å². The van der Waals surface area contributed by atoms with Crippen LogP contribution in [-0.2, 0) is 11.3 Å². The van der Waals surface area contributed by atoms with Gasteiger partial charge in [-0.05, 0) is 31.5 Å². The van der Waals surface area contributed by atoms with E-state index in [0.29, 0.717) is 52.4 Å². The largest absolute Gasteiger partial charge is 0.490 e. The van der Waals surface area contributed by atoms with Crippen molar-refractivity contribution in [3.8, 4) is 11.5 Å². The molecule has 2 rings (SSSR count). The molecule has 0 saturated carbocycles. The molecular formula is C17H27NO4. The number of aliphatic hydroxyl groups is 1. The van der Waals surface area contributed by atoms with Gasteiger partial charge in [0.25, 0.3) is 0 Å². The number of nitrogens with one attached hydrogen (secondary N) is 1. The molecule has 0 bridgehead atoms. The lowest BCUT2D eigenvalue weighted by Gasteiger charge is -2.32. The van der Waals surface area contributed by atoms with Crippen LogP contribution in [0.1, 0.15) is 32.3 Å². The zero-order valence-electron chi connectivity index (χ0n) is 13.6. The maximum atomic E-state index is 10.4. The molecule has 0 atom stereocenters. The Bertz CT molecular complexity index is 458. The normalized spacial score (nSPS) is 17.2. The Hall–Kier alpha value is -1.30.